The van der Waals surface area contributed by atoms with Crippen LogP contribution in [-0.2, 0) is 0 Å². The summed E-state index contributed by atoms with van der Waals surface area (Å²) in [7, 11) is 0. The van der Waals surface area contributed by atoms with Gasteiger partial charge in [-0.2, -0.15) is 0 Å². The van der Waals surface area contributed by atoms with E-state index >= 15 is 0 Å². The topological polar surface area (TPSA) is 75.3 Å². The van der Waals surface area contributed by atoms with E-state index in [0.29, 0.717) is 17.9 Å². The highest BCUT2D eigenvalue weighted by Gasteiger charge is 2.11. The highest BCUT2D eigenvalue weighted by atomic mass is 16.4. The second kappa shape index (κ2) is 6.10. The lowest BCUT2D eigenvalue weighted by molar-refractivity contribution is 0.0698. The van der Waals surface area contributed by atoms with Crippen LogP contribution in [0.4, 0.5) is 11.4 Å². The van der Waals surface area contributed by atoms with Crippen molar-refractivity contribution in [2.24, 2.45) is 0 Å². The van der Waals surface area contributed by atoms with Gasteiger partial charge in [0.2, 0.25) is 0 Å². The summed E-state index contributed by atoms with van der Waals surface area (Å²) in [6.45, 7) is 2.74. The lowest BCUT2D eigenvalue weighted by Crippen LogP contribution is -2.13. The number of hydrogen-bond donors (Lipinski definition) is 3. The highest BCUT2D eigenvalue weighted by Crippen LogP contribution is 2.21. The van der Waals surface area contributed by atoms with Gasteiger partial charge in [0, 0.05) is 12.2 Å². The van der Waals surface area contributed by atoms with Crippen LogP contribution >= 0.6 is 0 Å². The van der Waals surface area contributed by atoms with Gasteiger partial charge < -0.3 is 16.2 Å². The first-order valence-corrected chi connectivity index (χ1v) is 6.49. The van der Waals surface area contributed by atoms with Crippen LogP contribution in [0, 0.1) is 0 Å². The molecule has 0 aliphatic carbocycles. The molecule has 2 rings (SSSR count). The Morgan fingerprint density at radius 1 is 1.25 bits per heavy atom. The average Bonchev–Trinajstić information content (AvgIpc) is 2.45. The average molecular weight is 270 g/mol. The summed E-state index contributed by atoms with van der Waals surface area (Å²) >= 11 is 0. The Kier molecular flexibility index (Phi) is 4.25. The normalized spacial score (nSPS) is 11.8. The summed E-state index contributed by atoms with van der Waals surface area (Å²) in [5.41, 5.74) is 8.26. The molecular weight excluding hydrogens is 252 g/mol. The Bertz CT molecular complexity index is 597. The van der Waals surface area contributed by atoms with Gasteiger partial charge in [-0.05, 0) is 29.7 Å². The predicted molar refractivity (Wildman–Crippen MR) is 81.2 cm³/mol. The Labute approximate surface area is 118 Å². The van der Waals surface area contributed by atoms with Crippen molar-refractivity contribution in [1.29, 1.82) is 0 Å². The number of carboxylic acids is 1. The van der Waals surface area contributed by atoms with Gasteiger partial charge in [0.1, 0.15) is 0 Å². The summed E-state index contributed by atoms with van der Waals surface area (Å²) in [4.78, 5) is 11.2. The fourth-order valence-electron chi connectivity index (χ4n) is 2.06. The van der Waals surface area contributed by atoms with Gasteiger partial charge >= 0.3 is 5.97 Å². The Hall–Kier alpha value is -2.49. The Morgan fingerprint density at radius 3 is 2.60 bits per heavy atom. The van der Waals surface area contributed by atoms with Gasteiger partial charge in [-0.3, -0.25) is 0 Å². The van der Waals surface area contributed by atoms with Crippen molar-refractivity contribution in [3.8, 4) is 0 Å². The first kappa shape index (κ1) is 13.9. The van der Waals surface area contributed by atoms with Crippen LogP contribution in [0.2, 0.25) is 0 Å². The minimum absolute atomic E-state index is 0.236. The van der Waals surface area contributed by atoms with Crippen LogP contribution in [-0.4, -0.2) is 17.6 Å². The van der Waals surface area contributed by atoms with Gasteiger partial charge in [0.05, 0.1) is 11.3 Å². The van der Waals surface area contributed by atoms with E-state index in [4.69, 9.17) is 10.8 Å². The molecule has 0 heterocycles. The second-order valence-corrected chi connectivity index (χ2v) is 4.80. The maximum atomic E-state index is 11.2. The zero-order valence-corrected chi connectivity index (χ0v) is 11.3. The molecule has 1 unspecified atom stereocenters. The van der Waals surface area contributed by atoms with Gasteiger partial charge in [-0.1, -0.05) is 37.3 Å². The molecule has 4 N–H and O–H groups in total. The van der Waals surface area contributed by atoms with E-state index in [2.05, 4.69) is 24.4 Å². The maximum absolute atomic E-state index is 11.2. The van der Waals surface area contributed by atoms with Gasteiger partial charge in [-0.15, -0.1) is 0 Å². The summed E-state index contributed by atoms with van der Waals surface area (Å²) in [6, 6.07) is 14.9. The molecule has 0 amide bonds. The summed E-state index contributed by atoms with van der Waals surface area (Å²) in [5.74, 6) is -0.681. The van der Waals surface area contributed by atoms with E-state index < -0.39 is 5.97 Å². The third-order valence-corrected chi connectivity index (χ3v) is 3.24. The summed E-state index contributed by atoms with van der Waals surface area (Å²) < 4.78 is 0. The molecule has 4 nitrogen and oxygen atoms in total. The lowest BCUT2D eigenvalue weighted by atomic mass is 10.0. The van der Waals surface area contributed by atoms with Crippen molar-refractivity contribution in [3.63, 3.8) is 0 Å². The number of rotatable bonds is 5. The van der Waals surface area contributed by atoms with Gasteiger partial charge in [0.15, 0.2) is 0 Å². The van der Waals surface area contributed by atoms with Crippen molar-refractivity contribution in [2.75, 3.05) is 17.6 Å². The second-order valence-electron chi connectivity index (χ2n) is 4.80. The number of benzene rings is 2. The molecule has 2 aromatic rings. The smallest absolute Gasteiger partial charge is 0.337 e. The number of nitrogen functional groups attached to an aromatic ring is 1. The van der Waals surface area contributed by atoms with E-state index in [1.807, 2.05) is 18.2 Å². The standard InChI is InChI=1S/C16H18N2O2/c1-11(12-5-3-2-4-6-12)10-18-15-9-13(17)7-8-14(15)16(19)20/h2-9,11,18H,10,17H2,1H3,(H,19,20). The van der Waals surface area contributed by atoms with Gasteiger partial charge in [0.25, 0.3) is 0 Å². The zero-order valence-electron chi connectivity index (χ0n) is 11.3. The number of aromatic carboxylic acids is 1. The molecule has 0 aliphatic rings. The largest absolute Gasteiger partial charge is 0.478 e. The Balaban J connectivity index is 2.11. The number of carbonyl (C=O) groups is 1. The molecule has 0 saturated carbocycles. The fourth-order valence-corrected chi connectivity index (χ4v) is 2.06. The van der Waals surface area contributed by atoms with Crippen LogP contribution in [0.1, 0.15) is 28.8 Å². The quantitative estimate of drug-likeness (QED) is 0.729. The minimum Gasteiger partial charge on any atom is -0.478 e. The van der Waals surface area contributed by atoms with E-state index in [-0.39, 0.29) is 11.5 Å². The molecule has 104 valence electrons. The molecule has 1 atom stereocenters. The molecule has 0 spiro atoms. The zero-order chi connectivity index (χ0) is 14.5. The fraction of sp³-hybridized carbons (Fsp3) is 0.188. The lowest BCUT2D eigenvalue weighted by Gasteiger charge is -2.15. The molecular formula is C16H18N2O2. The van der Waals surface area contributed by atoms with Crippen LogP contribution in [0.5, 0.6) is 0 Å². The van der Waals surface area contributed by atoms with E-state index in [9.17, 15) is 4.79 Å². The molecule has 20 heavy (non-hydrogen) atoms. The molecule has 0 aromatic heterocycles. The van der Waals surface area contributed by atoms with Crippen LogP contribution in [0.3, 0.4) is 0 Å². The van der Waals surface area contributed by atoms with Crippen LogP contribution in [0.25, 0.3) is 0 Å². The third-order valence-electron chi connectivity index (χ3n) is 3.24. The predicted octanol–water partition coefficient (Wildman–Crippen LogP) is 3.18. The molecule has 0 saturated heterocycles. The summed E-state index contributed by atoms with van der Waals surface area (Å²) in [6.07, 6.45) is 0. The van der Waals surface area contributed by atoms with Crippen molar-refractivity contribution in [1.82, 2.24) is 0 Å². The first-order valence-electron chi connectivity index (χ1n) is 6.49. The first-order chi connectivity index (χ1) is 9.58. The minimum atomic E-state index is -0.958. The molecule has 0 fully saturated rings. The van der Waals surface area contributed by atoms with Crippen molar-refractivity contribution >= 4 is 17.3 Å². The van der Waals surface area contributed by atoms with E-state index in [1.165, 1.54) is 11.6 Å². The molecule has 2 aromatic carbocycles. The summed E-state index contributed by atoms with van der Waals surface area (Å²) in [5, 5.41) is 12.3. The van der Waals surface area contributed by atoms with Crippen LogP contribution < -0.4 is 11.1 Å². The molecule has 0 aliphatic heterocycles. The SMILES string of the molecule is CC(CNc1cc(N)ccc1C(=O)O)c1ccccc1. The number of carboxylic acid groups (broad SMARTS) is 1. The van der Waals surface area contributed by atoms with Gasteiger partial charge in [-0.25, -0.2) is 4.79 Å². The third kappa shape index (κ3) is 3.29. The van der Waals surface area contributed by atoms with Crippen molar-refractivity contribution < 1.29 is 9.90 Å². The number of anilines is 2. The monoisotopic (exact) mass is 270 g/mol. The van der Waals surface area contributed by atoms with Crippen molar-refractivity contribution in [2.45, 2.75) is 12.8 Å². The van der Waals surface area contributed by atoms with E-state index in [1.54, 1.807) is 12.1 Å². The molecule has 4 heteroatoms. The van der Waals surface area contributed by atoms with Crippen LogP contribution in [0.15, 0.2) is 48.5 Å². The Morgan fingerprint density at radius 2 is 1.95 bits per heavy atom. The number of hydrogen-bond acceptors (Lipinski definition) is 3. The van der Waals surface area contributed by atoms with Crippen molar-refractivity contribution in [3.05, 3.63) is 59.7 Å². The maximum Gasteiger partial charge on any atom is 0.337 e. The number of nitrogens with one attached hydrogen (secondary N) is 1. The highest BCUT2D eigenvalue weighted by molar-refractivity contribution is 5.95. The molecule has 0 bridgehead atoms. The molecule has 0 radical (unpaired) electrons. The van der Waals surface area contributed by atoms with E-state index in [0.717, 1.165) is 0 Å². The number of nitrogens with two attached hydrogens (primary N) is 1.